The smallest absolute Gasteiger partial charge is 0.151 e. The molecule has 5 heteroatoms. The molecule has 0 radical (unpaired) electrons. The Balaban J connectivity index is 1.41. The van der Waals surface area contributed by atoms with Gasteiger partial charge in [0, 0.05) is 38.2 Å². The van der Waals surface area contributed by atoms with Gasteiger partial charge in [-0.15, -0.1) is 5.10 Å². The quantitative estimate of drug-likeness (QED) is 0.845. The molecule has 3 rings (SSSR count). The number of nitrogens with zero attached hydrogens (tertiary/aromatic N) is 3. The molecule has 0 bridgehead atoms. The summed E-state index contributed by atoms with van der Waals surface area (Å²) in [5.74, 6) is 1.73. The zero-order chi connectivity index (χ0) is 12.4. The Kier molecular flexibility index (Phi) is 3.43. The van der Waals surface area contributed by atoms with Crippen LogP contribution in [0.3, 0.4) is 0 Å². The van der Waals surface area contributed by atoms with E-state index in [1.807, 2.05) is 13.0 Å². The molecule has 1 atom stereocenters. The predicted octanol–water partition coefficient (Wildman–Crippen LogP) is 0.600. The van der Waals surface area contributed by atoms with Crippen molar-refractivity contribution in [3.8, 4) is 0 Å². The van der Waals surface area contributed by atoms with Gasteiger partial charge in [0.2, 0.25) is 0 Å². The van der Waals surface area contributed by atoms with Gasteiger partial charge in [0.1, 0.15) is 0 Å². The predicted molar refractivity (Wildman–Crippen MR) is 69.7 cm³/mol. The van der Waals surface area contributed by atoms with Crippen molar-refractivity contribution >= 4 is 5.82 Å². The molecule has 5 nitrogen and oxygen atoms in total. The third kappa shape index (κ3) is 2.62. The Morgan fingerprint density at radius 1 is 1.39 bits per heavy atom. The van der Waals surface area contributed by atoms with Gasteiger partial charge in [-0.2, -0.15) is 5.10 Å². The van der Waals surface area contributed by atoms with Gasteiger partial charge in [-0.05, 0) is 25.5 Å². The Morgan fingerprint density at radius 3 is 2.94 bits per heavy atom. The number of aromatic nitrogens is 2. The average Bonchev–Trinajstić information content (AvgIpc) is 2.82. The Morgan fingerprint density at radius 2 is 2.28 bits per heavy atom. The summed E-state index contributed by atoms with van der Waals surface area (Å²) < 4.78 is 5.35. The number of hydrogen-bond donors (Lipinski definition) is 1. The van der Waals surface area contributed by atoms with Gasteiger partial charge in [-0.25, -0.2) is 0 Å². The highest BCUT2D eigenvalue weighted by atomic mass is 16.5. The van der Waals surface area contributed by atoms with Crippen LogP contribution in [-0.2, 0) is 4.74 Å². The van der Waals surface area contributed by atoms with E-state index < -0.39 is 0 Å². The molecule has 1 N–H and O–H groups in total. The van der Waals surface area contributed by atoms with Gasteiger partial charge in [0.15, 0.2) is 5.82 Å². The third-order valence-corrected chi connectivity index (χ3v) is 3.69. The van der Waals surface area contributed by atoms with E-state index in [1.54, 1.807) is 0 Å². The van der Waals surface area contributed by atoms with Crippen LogP contribution in [0.15, 0.2) is 12.1 Å². The fourth-order valence-corrected chi connectivity index (χ4v) is 2.48. The third-order valence-electron chi connectivity index (χ3n) is 3.69. The summed E-state index contributed by atoms with van der Waals surface area (Å²) in [5.41, 5.74) is 0.971. The maximum absolute atomic E-state index is 5.35. The van der Waals surface area contributed by atoms with Crippen molar-refractivity contribution in [2.45, 2.75) is 19.4 Å². The lowest BCUT2D eigenvalue weighted by atomic mass is 10.00. The zero-order valence-corrected chi connectivity index (χ0v) is 10.8. The highest BCUT2D eigenvalue weighted by molar-refractivity contribution is 5.40. The van der Waals surface area contributed by atoms with Crippen molar-refractivity contribution < 1.29 is 4.74 Å². The molecule has 2 fully saturated rings. The SMILES string of the molecule is Cc1ccc(N2CC(CNC3CCOC3)C2)nn1. The Labute approximate surface area is 108 Å². The number of aryl methyl sites for hydroxylation is 1. The minimum absolute atomic E-state index is 0.568. The Hall–Kier alpha value is -1.20. The lowest BCUT2D eigenvalue weighted by Crippen LogP contribution is -2.52. The summed E-state index contributed by atoms with van der Waals surface area (Å²) in [7, 11) is 0. The first kappa shape index (κ1) is 11.9. The molecular weight excluding hydrogens is 228 g/mol. The lowest BCUT2D eigenvalue weighted by Gasteiger charge is -2.40. The summed E-state index contributed by atoms with van der Waals surface area (Å²) in [4.78, 5) is 2.28. The maximum Gasteiger partial charge on any atom is 0.151 e. The number of ether oxygens (including phenoxy) is 1. The van der Waals surface area contributed by atoms with E-state index in [2.05, 4.69) is 26.5 Å². The van der Waals surface area contributed by atoms with Crippen molar-refractivity contribution in [3.05, 3.63) is 17.8 Å². The van der Waals surface area contributed by atoms with Gasteiger partial charge in [-0.1, -0.05) is 0 Å². The fraction of sp³-hybridized carbons (Fsp3) is 0.692. The van der Waals surface area contributed by atoms with E-state index >= 15 is 0 Å². The van der Waals surface area contributed by atoms with Crippen LogP contribution in [0.2, 0.25) is 0 Å². The van der Waals surface area contributed by atoms with Crippen LogP contribution in [-0.4, -0.2) is 49.1 Å². The fourth-order valence-electron chi connectivity index (χ4n) is 2.48. The molecule has 0 aromatic carbocycles. The molecule has 0 spiro atoms. The summed E-state index contributed by atoms with van der Waals surface area (Å²) in [6, 6.07) is 4.64. The zero-order valence-electron chi connectivity index (χ0n) is 10.8. The molecule has 18 heavy (non-hydrogen) atoms. The number of anilines is 1. The molecule has 3 heterocycles. The van der Waals surface area contributed by atoms with Crippen molar-refractivity contribution in [3.63, 3.8) is 0 Å². The van der Waals surface area contributed by atoms with Crippen LogP contribution < -0.4 is 10.2 Å². The van der Waals surface area contributed by atoms with Crippen molar-refractivity contribution in [1.82, 2.24) is 15.5 Å². The van der Waals surface area contributed by atoms with Crippen molar-refractivity contribution in [2.75, 3.05) is 37.7 Å². The van der Waals surface area contributed by atoms with Gasteiger partial charge in [0.05, 0.1) is 12.3 Å². The normalized spacial score (nSPS) is 24.3. The van der Waals surface area contributed by atoms with E-state index in [9.17, 15) is 0 Å². The topological polar surface area (TPSA) is 50.3 Å². The lowest BCUT2D eigenvalue weighted by molar-refractivity contribution is 0.188. The molecule has 2 aliphatic rings. The van der Waals surface area contributed by atoms with E-state index in [-0.39, 0.29) is 0 Å². The molecule has 98 valence electrons. The number of rotatable bonds is 4. The molecule has 2 saturated heterocycles. The maximum atomic E-state index is 5.35. The van der Waals surface area contributed by atoms with Gasteiger partial charge < -0.3 is 15.0 Å². The van der Waals surface area contributed by atoms with Gasteiger partial charge in [-0.3, -0.25) is 0 Å². The highest BCUT2D eigenvalue weighted by Gasteiger charge is 2.28. The van der Waals surface area contributed by atoms with E-state index in [0.717, 1.165) is 56.7 Å². The number of hydrogen-bond acceptors (Lipinski definition) is 5. The molecule has 0 aliphatic carbocycles. The van der Waals surface area contributed by atoms with Crippen LogP contribution in [0.4, 0.5) is 5.82 Å². The second-order valence-corrected chi connectivity index (χ2v) is 5.27. The average molecular weight is 248 g/mol. The minimum atomic E-state index is 0.568. The van der Waals surface area contributed by atoms with E-state index in [0.29, 0.717) is 6.04 Å². The van der Waals surface area contributed by atoms with Gasteiger partial charge in [0.25, 0.3) is 0 Å². The summed E-state index contributed by atoms with van der Waals surface area (Å²) in [5, 5.41) is 11.9. The second kappa shape index (κ2) is 5.20. The molecule has 1 aromatic rings. The summed E-state index contributed by atoms with van der Waals surface area (Å²) in [6.45, 7) is 7.00. The minimum Gasteiger partial charge on any atom is -0.380 e. The molecule has 0 saturated carbocycles. The molecule has 2 aliphatic heterocycles. The highest BCUT2D eigenvalue weighted by Crippen LogP contribution is 2.21. The van der Waals surface area contributed by atoms with E-state index in [4.69, 9.17) is 4.74 Å². The van der Waals surface area contributed by atoms with Crippen molar-refractivity contribution in [1.29, 1.82) is 0 Å². The van der Waals surface area contributed by atoms with Gasteiger partial charge >= 0.3 is 0 Å². The largest absolute Gasteiger partial charge is 0.380 e. The van der Waals surface area contributed by atoms with Crippen LogP contribution in [0.5, 0.6) is 0 Å². The summed E-state index contributed by atoms with van der Waals surface area (Å²) in [6.07, 6.45) is 1.15. The first-order chi connectivity index (χ1) is 8.81. The second-order valence-electron chi connectivity index (χ2n) is 5.27. The first-order valence-corrected chi connectivity index (χ1v) is 6.67. The molecule has 1 unspecified atom stereocenters. The monoisotopic (exact) mass is 248 g/mol. The van der Waals surface area contributed by atoms with Crippen LogP contribution in [0, 0.1) is 12.8 Å². The number of nitrogens with one attached hydrogen (secondary N) is 1. The Bertz CT molecular complexity index is 382. The van der Waals surface area contributed by atoms with Crippen molar-refractivity contribution in [2.24, 2.45) is 5.92 Å². The first-order valence-electron chi connectivity index (χ1n) is 6.67. The molecule has 0 amide bonds. The van der Waals surface area contributed by atoms with Crippen LogP contribution in [0.25, 0.3) is 0 Å². The molecular formula is C13H20N4O. The van der Waals surface area contributed by atoms with Crippen LogP contribution in [0.1, 0.15) is 12.1 Å². The summed E-state index contributed by atoms with van der Waals surface area (Å²) >= 11 is 0. The standard InChI is InChI=1S/C13H20N4O/c1-10-2-3-13(16-15-10)17-7-11(8-17)6-14-12-4-5-18-9-12/h2-3,11-12,14H,4-9H2,1H3. The molecule has 1 aromatic heterocycles. The van der Waals surface area contributed by atoms with E-state index in [1.165, 1.54) is 0 Å². The van der Waals surface area contributed by atoms with Crippen LogP contribution >= 0.6 is 0 Å².